The van der Waals surface area contributed by atoms with Crippen LogP contribution in [-0.4, -0.2) is 15.3 Å². The molecule has 0 aromatic heterocycles. The average Bonchev–Trinajstić information content (AvgIpc) is 2.39. The van der Waals surface area contributed by atoms with Gasteiger partial charge in [-0.2, -0.15) is 0 Å². The molecular formula is C13H11ClFNO3. The highest BCUT2D eigenvalue weighted by atomic mass is 35.5. The molecule has 2 aromatic rings. The first-order chi connectivity index (χ1) is 8.99. The number of aromatic hydroxyl groups is 3. The van der Waals surface area contributed by atoms with Gasteiger partial charge in [0.1, 0.15) is 5.82 Å². The van der Waals surface area contributed by atoms with E-state index >= 15 is 0 Å². The third-order valence-corrected chi connectivity index (χ3v) is 2.85. The predicted molar refractivity (Wildman–Crippen MR) is 70.2 cm³/mol. The molecule has 4 N–H and O–H groups in total. The molecule has 100 valence electrons. The molecule has 0 radical (unpaired) electrons. The predicted octanol–water partition coefficient (Wildman–Crippen LogP) is 3.21. The zero-order valence-corrected chi connectivity index (χ0v) is 10.4. The lowest BCUT2D eigenvalue weighted by molar-refractivity contribution is 0.365. The minimum absolute atomic E-state index is 0.0664. The average molecular weight is 284 g/mol. The van der Waals surface area contributed by atoms with Gasteiger partial charge in [0.2, 0.25) is 5.75 Å². The number of anilines is 1. The maximum Gasteiger partial charge on any atom is 0.200 e. The van der Waals surface area contributed by atoms with Gasteiger partial charge in [-0.25, -0.2) is 4.39 Å². The summed E-state index contributed by atoms with van der Waals surface area (Å²) in [6.07, 6.45) is 0. The molecule has 0 spiro atoms. The van der Waals surface area contributed by atoms with Crippen molar-refractivity contribution in [3.05, 3.63) is 46.7 Å². The van der Waals surface area contributed by atoms with E-state index in [0.29, 0.717) is 10.6 Å². The number of nitrogens with one attached hydrogen (secondary N) is 1. The van der Waals surface area contributed by atoms with Crippen LogP contribution >= 0.6 is 11.6 Å². The molecule has 0 fully saturated rings. The molecule has 0 aliphatic heterocycles. The van der Waals surface area contributed by atoms with E-state index in [9.17, 15) is 19.7 Å². The van der Waals surface area contributed by atoms with Gasteiger partial charge in [-0.15, -0.1) is 0 Å². The van der Waals surface area contributed by atoms with Gasteiger partial charge >= 0.3 is 0 Å². The van der Waals surface area contributed by atoms with Crippen LogP contribution in [0.4, 0.5) is 10.1 Å². The molecule has 6 heteroatoms. The maximum absolute atomic E-state index is 13.4. The van der Waals surface area contributed by atoms with Crippen molar-refractivity contribution in [2.75, 3.05) is 5.32 Å². The first-order valence-electron chi connectivity index (χ1n) is 5.40. The number of phenols is 3. The van der Waals surface area contributed by atoms with Crippen molar-refractivity contribution in [1.82, 2.24) is 0 Å². The van der Waals surface area contributed by atoms with Crippen molar-refractivity contribution >= 4 is 17.3 Å². The van der Waals surface area contributed by atoms with Crippen LogP contribution in [0.1, 0.15) is 5.56 Å². The fourth-order valence-electron chi connectivity index (χ4n) is 1.58. The Hall–Kier alpha value is -2.14. The quantitative estimate of drug-likeness (QED) is 0.653. The van der Waals surface area contributed by atoms with E-state index in [1.165, 1.54) is 30.3 Å². The van der Waals surface area contributed by atoms with Gasteiger partial charge in [-0.1, -0.05) is 11.6 Å². The van der Waals surface area contributed by atoms with Gasteiger partial charge in [0.25, 0.3) is 0 Å². The zero-order chi connectivity index (χ0) is 14.0. The maximum atomic E-state index is 13.4. The highest BCUT2D eigenvalue weighted by Gasteiger charge is 2.11. The highest BCUT2D eigenvalue weighted by Crippen LogP contribution is 2.37. The second kappa shape index (κ2) is 5.24. The Labute approximate surface area is 113 Å². The van der Waals surface area contributed by atoms with Gasteiger partial charge in [0.15, 0.2) is 11.5 Å². The smallest absolute Gasteiger partial charge is 0.200 e. The number of hydrogen-bond acceptors (Lipinski definition) is 4. The first-order valence-corrected chi connectivity index (χ1v) is 5.78. The van der Waals surface area contributed by atoms with E-state index in [2.05, 4.69) is 5.32 Å². The third-order valence-electron chi connectivity index (χ3n) is 2.61. The van der Waals surface area contributed by atoms with Gasteiger partial charge in [0, 0.05) is 17.1 Å². The Morgan fingerprint density at radius 1 is 1.05 bits per heavy atom. The lowest BCUT2D eigenvalue weighted by atomic mass is 10.1. The van der Waals surface area contributed by atoms with Crippen molar-refractivity contribution in [3.8, 4) is 17.2 Å². The van der Waals surface area contributed by atoms with Crippen LogP contribution in [-0.2, 0) is 6.54 Å². The summed E-state index contributed by atoms with van der Waals surface area (Å²) in [5.74, 6) is -1.96. The summed E-state index contributed by atoms with van der Waals surface area (Å²) in [5.41, 5.74) is 0.495. The van der Waals surface area contributed by atoms with Crippen molar-refractivity contribution in [2.24, 2.45) is 0 Å². The van der Waals surface area contributed by atoms with E-state index in [0.717, 1.165) is 0 Å². The molecule has 0 aliphatic carbocycles. The van der Waals surface area contributed by atoms with Crippen LogP contribution in [0.3, 0.4) is 0 Å². The number of halogens is 2. The lowest BCUT2D eigenvalue weighted by Gasteiger charge is -2.10. The molecule has 0 amide bonds. The SMILES string of the molecule is Oc1ccc(CNc2cc(Cl)ccc2F)c(O)c1O. The molecule has 0 saturated carbocycles. The summed E-state index contributed by atoms with van der Waals surface area (Å²) in [5, 5.41) is 31.3. The molecule has 0 aliphatic rings. The standard InChI is InChI=1S/C13H11ClFNO3/c14-8-2-3-9(15)10(5-8)16-6-7-1-4-11(17)13(19)12(7)18/h1-5,16-19H,6H2. The molecule has 4 nitrogen and oxygen atoms in total. The van der Waals surface area contributed by atoms with Crippen LogP contribution in [0, 0.1) is 5.82 Å². The minimum Gasteiger partial charge on any atom is -0.504 e. The molecule has 0 heterocycles. The summed E-state index contributed by atoms with van der Waals surface area (Å²) >= 11 is 5.75. The fourth-order valence-corrected chi connectivity index (χ4v) is 1.75. The summed E-state index contributed by atoms with van der Waals surface area (Å²) in [6.45, 7) is 0.0664. The van der Waals surface area contributed by atoms with Gasteiger partial charge in [0.05, 0.1) is 5.69 Å². The molecule has 0 unspecified atom stereocenters. The van der Waals surface area contributed by atoms with Crippen LogP contribution in [0.15, 0.2) is 30.3 Å². The number of benzene rings is 2. The molecule has 2 rings (SSSR count). The monoisotopic (exact) mass is 283 g/mol. The van der Waals surface area contributed by atoms with E-state index in [-0.39, 0.29) is 12.2 Å². The first kappa shape index (κ1) is 13.3. The van der Waals surface area contributed by atoms with E-state index in [4.69, 9.17) is 11.6 Å². The second-order valence-corrected chi connectivity index (χ2v) is 4.36. The van der Waals surface area contributed by atoms with Crippen molar-refractivity contribution in [1.29, 1.82) is 0 Å². The number of hydrogen-bond donors (Lipinski definition) is 4. The normalized spacial score (nSPS) is 10.4. The molecule has 19 heavy (non-hydrogen) atoms. The Balaban J connectivity index is 2.19. The summed E-state index contributed by atoms with van der Waals surface area (Å²) in [4.78, 5) is 0. The number of rotatable bonds is 3. The Kier molecular flexibility index (Phi) is 3.66. The minimum atomic E-state index is -0.606. The van der Waals surface area contributed by atoms with Crippen molar-refractivity contribution < 1.29 is 19.7 Å². The van der Waals surface area contributed by atoms with Crippen LogP contribution < -0.4 is 5.32 Å². The fraction of sp³-hybridized carbons (Fsp3) is 0.0769. The van der Waals surface area contributed by atoms with E-state index in [1.54, 1.807) is 0 Å². The highest BCUT2D eigenvalue weighted by molar-refractivity contribution is 6.30. The van der Waals surface area contributed by atoms with E-state index < -0.39 is 23.1 Å². The van der Waals surface area contributed by atoms with Crippen LogP contribution in [0.25, 0.3) is 0 Å². The number of phenolic OH excluding ortho intramolecular Hbond substituents is 3. The van der Waals surface area contributed by atoms with Crippen molar-refractivity contribution in [2.45, 2.75) is 6.54 Å². The topological polar surface area (TPSA) is 72.7 Å². The molecule has 2 aromatic carbocycles. The summed E-state index contributed by atoms with van der Waals surface area (Å²) in [6, 6.07) is 6.71. The van der Waals surface area contributed by atoms with Crippen LogP contribution in [0.2, 0.25) is 5.02 Å². The van der Waals surface area contributed by atoms with E-state index in [1.807, 2.05) is 0 Å². The summed E-state index contributed by atoms with van der Waals surface area (Å²) in [7, 11) is 0. The van der Waals surface area contributed by atoms with Gasteiger partial charge in [-0.3, -0.25) is 0 Å². The lowest BCUT2D eigenvalue weighted by Crippen LogP contribution is -2.01. The Morgan fingerprint density at radius 2 is 1.79 bits per heavy atom. The zero-order valence-electron chi connectivity index (χ0n) is 9.69. The third kappa shape index (κ3) is 2.82. The molecular weight excluding hydrogens is 273 g/mol. The Morgan fingerprint density at radius 3 is 2.53 bits per heavy atom. The van der Waals surface area contributed by atoms with Crippen LogP contribution in [0.5, 0.6) is 17.2 Å². The molecule has 0 bridgehead atoms. The van der Waals surface area contributed by atoms with Gasteiger partial charge in [-0.05, 0) is 30.3 Å². The van der Waals surface area contributed by atoms with Crippen molar-refractivity contribution in [3.63, 3.8) is 0 Å². The summed E-state index contributed by atoms with van der Waals surface area (Å²) < 4.78 is 13.4. The second-order valence-electron chi connectivity index (χ2n) is 3.92. The van der Waals surface area contributed by atoms with Gasteiger partial charge < -0.3 is 20.6 Å². The largest absolute Gasteiger partial charge is 0.504 e. The Bertz CT molecular complexity index is 619. The molecule has 0 saturated heterocycles. The molecule has 0 atom stereocenters.